The minimum absolute atomic E-state index is 0.118. The van der Waals surface area contributed by atoms with Crippen LogP contribution in [0, 0.1) is 5.92 Å². The van der Waals surface area contributed by atoms with E-state index >= 15 is 0 Å². The van der Waals surface area contributed by atoms with Crippen molar-refractivity contribution < 1.29 is 4.79 Å². The highest BCUT2D eigenvalue weighted by Gasteiger charge is 2.31. The number of rotatable bonds is 6. The van der Waals surface area contributed by atoms with E-state index in [9.17, 15) is 4.79 Å². The Kier molecular flexibility index (Phi) is 8.19. The van der Waals surface area contributed by atoms with Gasteiger partial charge in [0.1, 0.15) is 0 Å². The third-order valence-corrected chi connectivity index (χ3v) is 5.18. The van der Waals surface area contributed by atoms with Gasteiger partial charge in [0.15, 0.2) is 5.96 Å². The zero-order valence-electron chi connectivity index (χ0n) is 17.2. The number of aliphatic imine (C=N–C) groups is 1. The van der Waals surface area contributed by atoms with E-state index in [1.54, 1.807) is 0 Å². The Labute approximate surface area is 159 Å². The molecule has 1 aliphatic heterocycles. The zero-order chi connectivity index (χ0) is 19.0. The summed E-state index contributed by atoms with van der Waals surface area (Å²) in [5.41, 5.74) is 0.118. The van der Waals surface area contributed by atoms with Crippen molar-refractivity contribution >= 4 is 11.9 Å². The highest BCUT2D eigenvalue weighted by atomic mass is 16.2. The summed E-state index contributed by atoms with van der Waals surface area (Å²) in [6.07, 6.45) is 6.89. The molecule has 6 heteroatoms. The predicted molar refractivity (Wildman–Crippen MR) is 108 cm³/mol. The van der Waals surface area contributed by atoms with E-state index < -0.39 is 0 Å². The fourth-order valence-electron chi connectivity index (χ4n) is 3.80. The molecule has 1 saturated carbocycles. The second-order valence-electron chi connectivity index (χ2n) is 8.69. The summed E-state index contributed by atoms with van der Waals surface area (Å²) in [7, 11) is 0. The molecule has 2 fully saturated rings. The summed E-state index contributed by atoms with van der Waals surface area (Å²) in [5.74, 6) is 1.51. The molecular formula is C20H39N5O. The van der Waals surface area contributed by atoms with Crippen LogP contribution in [0.2, 0.25) is 0 Å². The molecule has 2 rings (SSSR count). The molecular weight excluding hydrogens is 326 g/mol. The van der Waals surface area contributed by atoms with E-state index in [2.05, 4.69) is 53.5 Å². The Balaban J connectivity index is 1.78. The van der Waals surface area contributed by atoms with Crippen molar-refractivity contribution in [3.8, 4) is 0 Å². The monoisotopic (exact) mass is 365 g/mol. The Morgan fingerprint density at radius 2 is 1.88 bits per heavy atom. The van der Waals surface area contributed by atoms with Crippen LogP contribution in [-0.2, 0) is 4.79 Å². The highest BCUT2D eigenvalue weighted by molar-refractivity contribution is 5.81. The van der Waals surface area contributed by atoms with Gasteiger partial charge in [-0.3, -0.25) is 9.79 Å². The molecule has 0 aromatic rings. The van der Waals surface area contributed by atoms with Crippen molar-refractivity contribution in [2.45, 2.75) is 77.8 Å². The van der Waals surface area contributed by atoms with E-state index in [1.807, 2.05) is 0 Å². The van der Waals surface area contributed by atoms with E-state index in [0.717, 1.165) is 57.9 Å². The Hall–Kier alpha value is -1.30. The second-order valence-corrected chi connectivity index (χ2v) is 8.69. The van der Waals surface area contributed by atoms with Crippen LogP contribution < -0.4 is 16.0 Å². The smallest absolute Gasteiger partial charge is 0.225 e. The third-order valence-electron chi connectivity index (χ3n) is 5.18. The van der Waals surface area contributed by atoms with Crippen LogP contribution in [0.25, 0.3) is 0 Å². The maximum atomic E-state index is 12.7. The average molecular weight is 366 g/mol. The third kappa shape index (κ3) is 7.14. The Morgan fingerprint density at radius 3 is 2.54 bits per heavy atom. The largest absolute Gasteiger partial charge is 0.357 e. The minimum Gasteiger partial charge on any atom is -0.357 e. The number of hydrogen-bond donors (Lipinski definition) is 3. The van der Waals surface area contributed by atoms with Gasteiger partial charge in [-0.05, 0) is 47.0 Å². The van der Waals surface area contributed by atoms with Crippen LogP contribution in [0.5, 0.6) is 0 Å². The van der Waals surface area contributed by atoms with Gasteiger partial charge in [0, 0.05) is 43.7 Å². The van der Waals surface area contributed by atoms with Crippen molar-refractivity contribution in [1.29, 1.82) is 0 Å². The predicted octanol–water partition coefficient (Wildman–Crippen LogP) is 2.11. The Morgan fingerprint density at radius 1 is 1.15 bits per heavy atom. The van der Waals surface area contributed by atoms with Crippen molar-refractivity contribution in [2.75, 3.05) is 32.7 Å². The van der Waals surface area contributed by atoms with Crippen LogP contribution in [0.3, 0.4) is 0 Å². The first kappa shape index (κ1) is 21.0. The molecule has 0 bridgehead atoms. The van der Waals surface area contributed by atoms with Crippen LogP contribution in [0.1, 0.15) is 66.2 Å². The first-order valence-electron chi connectivity index (χ1n) is 10.5. The van der Waals surface area contributed by atoms with Gasteiger partial charge >= 0.3 is 0 Å². The molecule has 1 unspecified atom stereocenters. The molecule has 0 aromatic carbocycles. The molecule has 26 heavy (non-hydrogen) atoms. The fraction of sp³-hybridized carbons (Fsp3) is 0.900. The molecule has 0 spiro atoms. The quantitative estimate of drug-likeness (QED) is 0.383. The maximum absolute atomic E-state index is 12.7. The van der Waals surface area contributed by atoms with Crippen molar-refractivity contribution in [2.24, 2.45) is 10.9 Å². The molecule has 150 valence electrons. The summed E-state index contributed by atoms with van der Waals surface area (Å²) in [6, 6.07) is 0.302. The van der Waals surface area contributed by atoms with Gasteiger partial charge in [0.05, 0.1) is 6.54 Å². The standard InChI is InChI=1S/C20H39N5O/c1-5-21-19(22-12-13-23-20(2,3)4)24-17-11-14-25(15-17)18(26)16-9-7-6-8-10-16/h16-17,23H,5-15H2,1-4H3,(H2,21,22,24). The normalized spacial score (nSPS) is 22.5. The van der Waals surface area contributed by atoms with Gasteiger partial charge in [0.25, 0.3) is 0 Å². The average Bonchev–Trinajstić information content (AvgIpc) is 3.06. The number of hydrogen-bond acceptors (Lipinski definition) is 3. The molecule has 0 radical (unpaired) electrons. The number of guanidine groups is 1. The van der Waals surface area contributed by atoms with Gasteiger partial charge in [-0.15, -0.1) is 0 Å². The first-order valence-corrected chi connectivity index (χ1v) is 10.5. The molecule has 1 amide bonds. The van der Waals surface area contributed by atoms with Crippen molar-refractivity contribution in [1.82, 2.24) is 20.9 Å². The van der Waals surface area contributed by atoms with Gasteiger partial charge in [-0.2, -0.15) is 0 Å². The molecule has 1 heterocycles. The fourth-order valence-corrected chi connectivity index (χ4v) is 3.80. The van der Waals surface area contributed by atoms with Gasteiger partial charge < -0.3 is 20.9 Å². The lowest BCUT2D eigenvalue weighted by Gasteiger charge is -2.26. The molecule has 1 atom stereocenters. The van der Waals surface area contributed by atoms with Gasteiger partial charge in [-0.1, -0.05) is 19.3 Å². The number of likely N-dealkylation sites (tertiary alicyclic amines) is 1. The summed E-state index contributed by atoms with van der Waals surface area (Å²) in [5, 5.41) is 10.3. The lowest BCUT2D eigenvalue weighted by molar-refractivity contribution is -0.135. The molecule has 1 aliphatic carbocycles. The minimum atomic E-state index is 0.118. The lowest BCUT2D eigenvalue weighted by Crippen LogP contribution is -2.46. The number of nitrogens with one attached hydrogen (secondary N) is 3. The highest BCUT2D eigenvalue weighted by Crippen LogP contribution is 2.26. The molecule has 0 aromatic heterocycles. The van der Waals surface area contributed by atoms with E-state index in [1.165, 1.54) is 19.3 Å². The summed E-state index contributed by atoms with van der Waals surface area (Å²) in [4.78, 5) is 19.4. The van der Waals surface area contributed by atoms with E-state index in [0.29, 0.717) is 11.9 Å². The van der Waals surface area contributed by atoms with Crippen molar-refractivity contribution in [3.63, 3.8) is 0 Å². The number of carbonyl (C=O) groups is 1. The molecule has 2 aliphatic rings. The lowest BCUT2D eigenvalue weighted by atomic mass is 9.88. The van der Waals surface area contributed by atoms with Crippen LogP contribution >= 0.6 is 0 Å². The van der Waals surface area contributed by atoms with Crippen molar-refractivity contribution in [3.05, 3.63) is 0 Å². The topological polar surface area (TPSA) is 68.8 Å². The van der Waals surface area contributed by atoms with E-state index in [4.69, 9.17) is 0 Å². The van der Waals surface area contributed by atoms with Gasteiger partial charge in [-0.25, -0.2) is 0 Å². The molecule has 6 nitrogen and oxygen atoms in total. The summed E-state index contributed by atoms with van der Waals surface area (Å²) < 4.78 is 0. The molecule has 1 saturated heterocycles. The number of nitrogens with zero attached hydrogens (tertiary/aromatic N) is 2. The van der Waals surface area contributed by atoms with Crippen LogP contribution in [0.15, 0.2) is 4.99 Å². The number of carbonyl (C=O) groups excluding carboxylic acids is 1. The van der Waals surface area contributed by atoms with Crippen LogP contribution in [0.4, 0.5) is 0 Å². The zero-order valence-corrected chi connectivity index (χ0v) is 17.2. The van der Waals surface area contributed by atoms with Gasteiger partial charge in [0.2, 0.25) is 5.91 Å². The Bertz CT molecular complexity index is 465. The summed E-state index contributed by atoms with van der Waals surface area (Å²) in [6.45, 7) is 12.7. The second kappa shape index (κ2) is 10.1. The number of amides is 1. The van der Waals surface area contributed by atoms with E-state index in [-0.39, 0.29) is 11.5 Å². The maximum Gasteiger partial charge on any atom is 0.225 e. The van der Waals surface area contributed by atoms with Crippen LogP contribution in [-0.4, -0.2) is 61.1 Å². The first-order chi connectivity index (χ1) is 12.4. The molecule has 3 N–H and O–H groups in total. The SMILES string of the molecule is CCNC(=NCCNC(C)(C)C)NC1CCN(C(=O)C2CCCCC2)C1. The summed E-state index contributed by atoms with van der Waals surface area (Å²) >= 11 is 0.